The van der Waals surface area contributed by atoms with Crippen molar-refractivity contribution in [3.8, 4) is 0 Å². The molecule has 1 fully saturated rings. The molecule has 0 amide bonds. The molecule has 0 spiro atoms. The number of hydrogen-bond donors (Lipinski definition) is 0. The van der Waals surface area contributed by atoms with E-state index in [2.05, 4.69) is 15.1 Å². The summed E-state index contributed by atoms with van der Waals surface area (Å²) in [5, 5.41) is 8.24. The van der Waals surface area contributed by atoms with Crippen LogP contribution in [0.5, 0.6) is 0 Å². The number of carbonyl (C=O) groups excluding carboxylic acids is 1. The van der Waals surface area contributed by atoms with Gasteiger partial charge < -0.3 is 4.74 Å². The van der Waals surface area contributed by atoms with Crippen LogP contribution < -0.4 is 0 Å². The Bertz CT molecular complexity index is 424. The van der Waals surface area contributed by atoms with Crippen LogP contribution in [0.4, 0.5) is 0 Å². The number of carbonyl (C=O) groups is 1. The Morgan fingerprint density at radius 1 is 1.47 bits per heavy atom. The minimum absolute atomic E-state index is 0.135. The zero-order valence-corrected chi connectivity index (χ0v) is 11.8. The molecule has 1 aliphatic rings. The molecule has 0 aromatic carbocycles. The van der Waals surface area contributed by atoms with Gasteiger partial charge in [0.15, 0.2) is 5.15 Å². The normalized spacial score (nSPS) is 20.2. The molecule has 0 radical (unpaired) electrons. The molecule has 1 unspecified atom stereocenters. The first-order valence-corrected chi connectivity index (χ1v) is 6.97. The lowest BCUT2D eigenvalue weighted by Crippen LogP contribution is -2.45. The highest BCUT2D eigenvalue weighted by molar-refractivity contribution is 6.29. The van der Waals surface area contributed by atoms with Gasteiger partial charge in [0.1, 0.15) is 6.04 Å². The third-order valence-electron chi connectivity index (χ3n) is 3.22. The third-order valence-corrected chi connectivity index (χ3v) is 3.43. The highest BCUT2D eigenvalue weighted by Gasteiger charge is 2.29. The Balaban J connectivity index is 2.03. The summed E-state index contributed by atoms with van der Waals surface area (Å²) < 4.78 is 5.13. The van der Waals surface area contributed by atoms with Gasteiger partial charge in [0, 0.05) is 6.54 Å². The molecule has 19 heavy (non-hydrogen) atoms. The maximum atomic E-state index is 11.9. The number of piperidine rings is 1. The second-order valence-electron chi connectivity index (χ2n) is 4.58. The molecule has 1 aromatic heterocycles. The molecule has 2 rings (SSSR count). The van der Waals surface area contributed by atoms with E-state index in [1.807, 2.05) is 13.0 Å². The van der Waals surface area contributed by atoms with E-state index in [-0.39, 0.29) is 12.0 Å². The highest BCUT2D eigenvalue weighted by Crippen LogP contribution is 2.20. The second kappa shape index (κ2) is 6.82. The van der Waals surface area contributed by atoms with Crippen LogP contribution in [0.2, 0.25) is 5.15 Å². The Morgan fingerprint density at radius 2 is 2.32 bits per heavy atom. The quantitative estimate of drug-likeness (QED) is 0.792. The van der Waals surface area contributed by atoms with Gasteiger partial charge in [-0.2, -0.15) is 5.10 Å². The van der Waals surface area contributed by atoms with Crippen LogP contribution in [0.3, 0.4) is 0 Å². The molecule has 5 nitrogen and oxygen atoms in total. The summed E-state index contributed by atoms with van der Waals surface area (Å²) in [6.07, 6.45) is 3.00. The van der Waals surface area contributed by atoms with Gasteiger partial charge in [-0.1, -0.05) is 18.0 Å². The van der Waals surface area contributed by atoms with Gasteiger partial charge in [-0.15, -0.1) is 5.10 Å². The van der Waals surface area contributed by atoms with Crippen molar-refractivity contribution in [3.63, 3.8) is 0 Å². The summed E-state index contributed by atoms with van der Waals surface area (Å²) in [6.45, 7) is 3.74. The first-order valence-electron chi connectivity index (χ1n) is 6.59. The third kappa shape index (κ3) is 3.88. The highest BCUT2D eigenvalue weighted by atomic mass is 35.5. The topological polar surface area (TPSA) is 55.3 Å². The average Bonchev–Trinajstić information content (AvgIpc) is 2.42. The van der Waals surface area contributed by atoms with Crippen molar-refractivity contribution in [2.24, 2.45) is 0 Å². The minimum Gasteiger partial charge on any atom is -0.465 e. The van der Waals surface area contributed by atoms with Gasteiger partial charge >= 0.3 is 5.97 Å². The lowest BCUT2D eigenvalue weighted by molar-refractivity contribution is -0.151. The van der Waals surface area contributed by atoms with Crippen LogP contribution in [-0.4, -0.2) is 40.3 Å². The maximum absolute atomic E-state index is 11.9. The molecule has 1 saturated heterocycles. The van der Waals surface area contributed by atoms with Gasteiger partial charge in [0.2, 0.25) is 0 Å². The number of halogens is 1. The van der Waals surface area contributed by atoms with Crippen LogP contribution in [-0.2, 0) is 16.1 Å². The summed E-state index contributed by atoms with van der Waals surface area (Å²) in [7, 11) is 0. The van der Waals surface area contributed by atoms with E-state index in [1.165, 1.54) is 0 Å². The minimum atomic E-state index is -0.161. The molecule has 0 saturated carbocycles. The van der Waals surface area contributed by atoms with Crippen molar-refractivity contribution < 1.29 is 9.53 Å². The molecule has 6 heteroatoms. The van der Waals surface area contributed by atoms with Crippen LogP contribution in [0.15, 0.2) is 12.1 Å². The Kier molecular flexibility index (Phi) is 5.10. The Labute approximate surface area is 117 Å². The number of hydrogen-bond acceptors (Lipinski definition) is 5. The summed E-state index contributed by atoms with van der Waals surface area (Å²) in [4.78, 5) is 14.0. The fourth-order valence-electron chi connectivity index (χ4n) is 2.32. The van der Waals surface area contributed by atoms with Crippen molar-refractivity contribution in [3.05, 3.63) is 23.0 Å². The van der Waals surface area contributed by atoms with Crippen LogP contribution in [0.1, 0.15) is 31.9 Å². The molecule has 1 aromatic rings. The first kappa shape index (κ1) is 14.2. The molecule has 104 valence electrons. The molecular formula is C13H18ClN3O2. The molecule has 0 aliphatic carbocycles. The first-order chi connectivity index (χ1) is 9.20. The number of likely N-dealkylation sites (tertiary alicyclic amines) is 1. The van der Waals surface area contributed by atoms with Crippen molar-refractivity contribution >= 4 is 17.6 Å². The Morgan fingerprint density at radius 3 is 3.00 bits per heavy atom. The molecule has 1 aliphatic heterocycles. The van der Waals surface area contributed by atoms with Crippen LogP contribution >= 0.6 is 11.6 Å². The van der Waals surface area contributed by atoms with Crippen LogP contribution in [0.25, 0.3) is 0 Å². The predicted molar refractivity (Wildman–Crippen MR) is 71.7 cm³/mol. The zero-order chi connectivity index (χ0) is 13.7. The molecule has 1 atom stereocenters. The van der Waals surface area contributed by atoms with Crippen LogP contribution in [0, 0.1) is 0 Å². The lowest BCUT2D eigenvalue weighted by atomic mass is 10.0. The molecule has 2 heterocycles. The number of esters is 1. The standard InChI is InChI=1S/C13H18ClN3O2/c1-2-19-13(18)11-5-3-4-8-17(11)9-10-6-7-12(14)16-15-10/h6-7,11H,2-5,8-9H2,1H3. The van der Waals surface area contributed by atoms with Gasteiger partial charge in [-0.05, 0) is 38.4 Å². The summed E-state index contributed by atoms with van der Waals surface area (Å²) in [5.41, 5.74) is 0.820. The predicted octanol–water partition coefficient (Wildman–Crippen LogP) is 2.05. The van der Waals surface area contributed by atoms with E-state index >= 15 is 0 Å². The van der Waals surface area contributed by atoms with E-state index in [0.717, 1.165) is 31.5 Å². The van der Waals surface area contributed by atoms with E-state index in [0.29, 0.717) is 18.3 Å². The molecule has 0 bridgehead atoms. The number of nitrogens with zero attached hydrogens (tertiary/aromatic N) is 3. The van der Waals surface area contributed by atoms with E-state index in [9.17, 15) is 4.79 Å². The molecule has 0 N–H and O–H groups in total. The van der Waals surface area contributed by atoms with E-state index in [4.69, 9.17) is 16.3 Å². The smallest absolute Gasteiger partial charge is 0.323 e. The Hall–Kier alpha value is -1.20. The van der Waals surface area contributed by atoms with Gasteiger partial charge in [-0.25, -0.2) is 0 Å². The SMILES string of the molecule is CCOC(=O)C1CCCCN1Cc1ccc(Cl)nn1. The summed E-state index contributed by atoms with van der Waals surface area (Å²) in [5.74, 6) is -0.135. The second-order valence-corrected chi connectivity index (χ2v) is 4.97. The summed E-state index contributed by atoms with van der Waals surface area (Å²) in [6, 6.07) is 3.39. The maximum Gasteiger partial charge on any atom is 0.323 e. The largest absolute Gasteiger partial charge is 0.465 e. The fourth-order valence-corrected chi connectivity index (χ4v) is 2.42. The van der Waals surface area contributed by atoms with Crippen molar-refractivity contribution in [1.82, 2.24) is 15.1 Å². The average molecular weight is 284 g/mol. The number of ether oxygens (including phenoxy) is 1. The van der Waals surface area contributed by atoms with Gasteiger partial charge in [0.05, 0.1) is 12.3 Å². The number of rotatable bonds is 4. The monoisotopic (exact) mass is 283 g/mol. The van der Waals surface area contributed by atoms with Gasteiger partial charge in [0.25, 0.3) is 0 Å². The van der Waals surface area contributed by atoms with Crippen molar-refractivity contribution in [1.29, 1.82) is 0 Å². The van der Waals surface area contributed by atoms with Gasteiger partial charge in [-0.3, -0.25) is 9.69 Å². The van der Waals surface area contributed by atoms with Crippen molar-refractivity contribution in [2.45, 2.75) is 38.8 Å². The number of aromatic nitrogens is 2. The zero-order valence-electron chi connectivity index (χ0n) is 11.0. The molecular weight excluding hydrogens is 266 g/mol. The summed E-state index contributed by atoms with van der Waals surface area (Å²) >= 11 is 5.71. The van der Waals surface area contributed by atoms with E-state index < -0.39 is 0 Å². The fraction of sp³-hybridized carbons (Fsp3) is 0.615. The van der Waals surface area contributed by atoms with E-state index in [1.54, 1.807) is 6.07 Å². The van der Waals surface area contributed by atoms with Crippen molar-refractivity contribution in [2.75, 3.05) is 13.2 Å². The lowest BCUT2D eigenvalue weighted by Gasteiger charge is -2.33.